The molecule has 1 atom stereocenters. The van der Waals surface area contributed by atoms with Crippen LogP contribution < -0.4 is 10.1 Å². The molecule has 2 aromatic rings. The number of para-hydroxylation sites is 1. The van der Waals surface area contributed by atoms with Crippen molar-refractivity contribution in [3.8, 4) is 29.9 Å². The number of nitrogens with one attached hydrogen (secondary N) is 1. The number of aromatic nitrogens is 2. The highest BCUT2D eigenvalue weighted by atomic mass is 32.2. The van der Waals surface area contributed by atoms with Gasteiger partial charge in [-0.2, -0.15) is 12.7 Å². The lowest BCUT2D eigenvalue weighted by molar-refractivity contribution is -0.133. The van der Waals surface area contributed by atoms with E-state index in [9.17, 15) is 18.3 Å². The molecule has 1 aliphatic heterocycles. The molecule has 1 unspecified atom stereocenters. The molecule has 10 heteroatoms. The van der Waals surface area contributed by atoms with Gasteiger partial charge in [-0.05, 0) is 37.6 Å². The first kappa shape index (κ1) is 22.9. The van der Waals surface area contributed by atoms with Crippen molar-refractivity contribution in [2.45, 2.75) is 19.4 Å². The van der Waals surface area contributed by atoms with E-state index in [0.29, 0.717) is 5.57 Å². The van der Waals surface area contributed by atoms with E-state index in [4.69, 9.17) is 11.2 Å². The average molecular weight is 455 g/mol. The van der Waals surface area contributed by atoms with Crippen LogP contribution >= 0.6 is 0 Å². The van der Waals surface area contributed by atoms with Crippen molar-refractivity contribution in [3.05, 3.63) is 47.4 Å². The maximum Gasteiger partial charge on any atom is 0.335 e. The van der Waals surface area contributed by atoms with Crippen molar-refractivity contribution >= 4 is 27.2 Å². The molecular formula is C22H22N4O5S. The summed E-state index contributed by atoms with van der Waals surface area (Å²) >= 11 is 0. The summed E-state index contributed by atoms with van der Waals surface area (Å²) in [4.78, 5) is 16.8. The smallest absolute Gasteiger partial charge is 0.335 e. The van der Waals surface area contributed by atoms with Crippen LogP contribution in [0.25, 0.3) is 11.0 Å². The third-order valence-electron chi connectivity index (χ3n) is 4.78. The molecule has 166 valence electrons. The number of terminal acetylenes is 1. The molecule has 2 heterocycles. The Labute approximate surface area is 186 Å². The maximum atomic E-state index is 13.4. The molecule has 3 rings (SSSR count). The molecule has 0 aliphatic carbocycles. The fourth-order valence-electron chi connectivity index (χ4n) is 3.35. The summed E-state index contributed by atoms with van der Waals surface area (Å²) < 4.78 is 34.4. The number of rotatable bonds is 6. The van der Waals surface area contributed by atoms with Gasteiger partial charge in [0.15, 0.2) is 11.4 Å². The highest BCUT2D eigenvalue weighted by Crippen LogP contribution is 2.38. The zero-order valence-corrected chi connectivity index (χ0v) is 18.8. The largest absolute Gasteiger partial charge is 0.479 e. The number of ether oxygens (including phenoxy) is 1. The highest BCUT2D eigenvalue weighted by Gasteiger charge is 2.46. The molecule has 9 nitrogen and oxygen atoms in total. The van der Waals surface area contributed by atoms with E-state index in [1.54, 1.807) is 31.3 Å². The topological polar surface area (TPSA) is 114 Å². The second-order valence-electron chi connectivity index (χ2n) is 7.13. The Kier molecular flexibility index (Phi) is 6.04. The number of nitrogens with zero attached hydrogens (tertiary/aromatic N) is 3. The van der Waals surface area contributed by atoms with Crippen LogP contribution in [0.2, 0.25) is 0 Å². The van der Waals surface area contributed by atoms with Crippen LogP contribution in [0.3, 0.4) is 0 Å². The zero-order chi connectivity index (χ0) is 23.7. The van der Waals surface area contributed by atoms with Crippen LogP contribution in [0, 0.1) is 24.2 Å². The van der Waals surface area contributed by atoms with Gasteiger partial charge in [0.05, 0.1) is 11.1 Å². The number of carbonyl (C=O) groups is 1. The fourth-order valence-corrected chi connectivity index (χ4v) is 4.47. The maximum absolute atomic E-state index is 13.4. The van der Waals surface area contributed by atoms with E-state index < -0.39 is 21.7 Å². The second kappa shape index (κ2) is 8.42. The number of aliphatic carboxylic acids is 1. The first-order valence-corrected chi connectivity index (χ1v) is 10.8. The van der Waals surface area contributed by atoms with E-state index in [1.165, 1.54) is 27.1 Å². The van der Waals surface area contributed by atoms with Gasteiger partial charge in [0, 0.05) is 20.3 Å². The molecule has 0 bridgehead atoms. The van der Waals surface area contributed by atoms with E-state index in [2.05, 4.69) is 28.1 Å². The first-order valence-electron chi connectivity index (χ1n) is 9.45. The molecule has 1 aromatic carbocycles. The van der Waals surface area contributed by atoms with Crippen LogP contribution in [0.15, 0.2) is 41.6 Å². The number of benzene rings is 1. The number of hydrogen-bond acceptors (Lipinski definition) is 6. The van der Waals surface area contributed by atoms with Gasteiger partial charge in [-0.15, -0.1) is 12.3 Å². The number of hydrogen-bond donors (Lipinski definition) is 2. The van der Waals surface area contributed by atoms with Crippen molar-refractivity contribution < 1.29 is 23.1 Å². The van der Waals surface area contributed by atoms with Gasteiger partial charge in [0.2, 0.25) is 0 Å². The van der Waals surface area contributed by atoms with Crippen molar-refractivity contribution in [2.75, 3.05) is 20.7 Å². The van der Waals surface area contributed by atoms with E-state index >= 15 is 0 Å². The number of fused-ring (bicyclic) bond motifs is 1. The Morgan fingerprint density at radius 2 is 2.12 bits per heavy atom. The Bertz CT molecular complexity index is 1370. The lowest BCUT2D eigenvalue weighted by Crippen LogP contribution is -2.48. The summed E-state index contributed by atoms with van der Waals surface area (Å²) in [6.45, 7) is 3.19. The Morgan fingerprint density at radius 3 is 2.72 bits per heavy atom. The Balaban J connectivity index is 2.51. The van der Waals surface area contributed by atoms with Crippen LogP contribution in [0.1, 0.15) is 19.7 Å². The van der Waals surface area contributed by atoms with Gasteiger partial charge in [-0.1, -0.05) is 17.9 Å². The lowest BCUT2D eigenvalue weighted by atomic mass is 9.85. The third kappa shape index (κ3) is 3.60. The van der Waals surface area contributed by atoms with E-state index in [-0.39, 0.29) is 34.8 Å². The van der Waals surface area contributed by atoms with Crippen LogP contribution in [0.4, 0.5) is 0 Å². The molecule has 0 spiro atoms. The average Bonchev–Trinajstić information content (AvgIpc) is 3.15. The molecule has 2 N–H and O–H groups in total. The molecule has 0 radical (unpaired) electrons. The number of imidazole rings is 1. The summed E-state index contributed by atoms with van der Waals surface area (Å²) in [5.41, 5.74) is -0.877. The molecule has 0 saturated carbocycles. The summed E-state index contributed by atoms with van der Waals surface area (Å²) in [7, 11) is -1.42. The van der Waals surface area contributed by atoms with Gasteiger partial charge in [-0.3, -0.25) is 0 Å². The normalized spacial score (nSPS) is 18.1. The van der Waals surface area contributed by atoms with Crippen molar-refractivity contribution in [1.29, 1.82) is 0 Å². The van der Waals surface area contributed by atoms with Crippen LogP contribution in [-0.4, -0.2) is 53.5 Å². The van der Waals surface area contributed by atoms with Gasteiger partial charge in [0.25, 0.3) is 0 Å². The van der Waals surface area contributed by atoms with Crippen LogP contribution in [0.5, 0.6) is 5.75 Å². The predicted octanol–water partition coefficient (Wildman–Crippen LogP) is 1.44. The van der Waals surface area contributed by atoms with Crippen molar-refractivity contribution in [1.82, 2.24) is 18.6 Å². The standard InChI is InChI=1S/C22H22N4O5S/c1-6-11-22(16(20(27)28)13-15(3)14-23-22)21-24-19-17(26(21)32(29,30)25(4)5)9-8-10-18(19)31-12-7-2/h2,8-10,13-14,23H,12H2,1,3-5H3,(H,27,28). The zero-order valence-electron chi connectivity index (χ0n) is 18.0. The highest BCUT2D eigenvalue weighted by molar-refractivity contribution is 7.87. The monoisotopic (exact) mass is 454 g/mol. The molecule has 32 heavy (non-hydrogen) atoms. The van der Waals surface area contributed by atoms with Gasteiger partial charge in [0.1, 0.15) is 17.9 Å². The number of dihydropyridines is 1. The molecular weight excluding hydrogens is 432 g/mol. The Hall–Kier alpha value is -3.73. The number of allylic oxidation sites excluding steroid dienone is 2. The van der Waals surface area contributed by atoms with E-state index in [1.807, 2.05) is 0 Å². The minimum Gasteiger partial charge on any atom is -0.479 e. The predicted molar refractivity (Wildman–Crippen MR) is 120 cm³/mol. The molecule has 0 fully saturated rings. The van der Waals surface area contributed by atoms with E-state index in [0.717, 1.165) is 8.28 Å². The quantitative estimate of drug-likeness (QED) is 0.635. The molecule has 0 amide bonds. The fraction of sp³-hybridized carbons (Fsp3) is 0.273. The summed E-state index contributed by atoms with van der Waals surface area (Å²) in [5.74, 6) is 6.78. The molecule has 1 aromatic heterocycles. The van der Waals surface area contributed by atoms with Gasteiger partial charge < -0.3 is 15.2 Å². The number of carboxylic acid groups (broad SMARTS) is 1. The third-order valence-corrected chi connectivity index (χ3v) is 6.53. The summed E-state index contributed by atoms with van der Waals surface area (Å²) in [5, 5.41) is 13.0. The minimum absolute atomic E-state index is 0.0535. The first-order chi connectivity index (χ1) is 15.1. The molecule has 0 saturated heterocycles. The van der Waals surface area contributed by atoms with Gasteiger partial charge >= 0.3 is 16.2 Å². The second-order valence-corrected chi connectivity index (χ2v) is 9.12. The summed E-state index contributed by atoms with van der Waals surface area (Å²) in [6.07, 6.45) is 8.30. The van der Waals surface area contributed by atoms with Gasteiger partial charge in [-0.25, -0.2) is 13.8 Å². The molecule has 1 aliphatic rings. The minimum atomic E-state index is -4.15. The van der Waals surface area contributed by atoms with Crippen molar-refractivity contribution in [3.63, 3.8) is 0 Å². The number of carboxylic acids is 1. The van der Waals surface area contributed by atoms with Crippen LogP contribution in [-0.2, 0) is 20.5 Å². The SMILES string of the molecule is C#CCOc1cccc2c1nc(C1(C#CC)NC=C(C)C=C1C(=O)O)n2S(=O)(=O)N(C)C. The Morgan fingerprint density at radius 1 is 1.41 bits per heavy atom. The summed E-state index contributed by atoms with van der Waals surface area (Å²) in [6, 6.07) is 4.76. The van der Waals surface area contributed by atoms with Crippen molar-refractivity contribution in [2.24, 2.45) is 0 Å². The lowest BCUT2D eigenvalue weighted by Gasteiger charge is -2.32.